The van der Waals surface area contributed by atoms with Gasteiger partial charge in [-0.15, -0.1) is 0 Å². The van der Waals surface area contributed by atoms with E-state index in [0.29, 0.717) is 9.20 Å². The summed E-state index contributed by atoms with van der Waals surface area (Å²) in [7, 11) is 1.86. The van der Waals surface area contributed by atoms with Crippen molar-refractivity contribution in [3.63, 3.8) is 0 Å². The molecule has 3 heteroatoms. The van der Waals surface area contributed by atoms with Crippen LogP contribution in [-0.2, 0) is 0 Å². The first-order valence-corrected chi connectivity index (χ1v) is 9.45. The van der Waals surface area contributed by atoms with Crippen LogP contribution in [0.4, 0.5) is 0 Å². The van der Waals surface area contributed by atoms with Crippen molar-refractivity contribution in [3.8, 4) is 0 Å². The Morgan fingerprint density at radius 2 is 1.86 bits per heavy atom. The quantitative estimate of drug-likeness (QED) is 0.389. The summed E-state index contributed by atoms with van der Waals surface area (Å²) in [6.07, 6.45) is 2.96. The Hall–Kier alpha value is 0.394. The molecule has 0 N–H and O–H groups in total. The summed E-state index contributed by atoms with van der Waals surface area (Å²) < 4.78 is 2.69. The maximum Gasteiger partial charge on any atom is 0.0756 e. The fourth-order valence-electron chi connectivity index (χ4n) is 1.10. The summed E-state index contributed by atoms with van der Waals surface area (Å²) in [6, 6.07) is 0. The summed E-state index contributed by atoms with van der Waals surface area (Å²) in [5.74, 6) is 0. The van der Waals surface area contributed by atoms with E-state index in [0.717, 1.165) is 0 Å². The molecule has 1 fully saturated rings. The van der Waals surface area contributed by atoms with Gasteiger partial charge in [0.25, 0.3) is 0 Å². The fraction of sp³-hybridized carbons (Fsp3) is 1.00. The van der Waals surface area contributed by atoms with Gasteiger partial charge >= 0.3 is 0 Å². The number of nitrogens with zero attached hydrogens (tertiary/aromatic N) is 1. The predicted molar refractivity (Wildman–Crippen MR) is 39.3 cm³/mol. The molecule has 7 heavy (non-hydrogen) atoms. The maximum absolute atomic E-state index is 2.69. The van der Waals surface area contributed by atoms with E-state index in [1.807, 2.05) is 0 Å². The Kier molecular flexibility index (Phi) is 2.09. The summed E-state index contributed by atoms with van der Waals surface area (Å²) >= 11 is 0. The van der Waals surface area contributed by atoms with Crippen LogP contribution < -0.4 is 0 Å². The minimum atomic E-state index is 0.363. The van der Waals surface area contributed by atoms with Crippen LogP contribution in [0.25, 0.3) is 0 Å². The van der Waals surface area contributed by atoms with Gasteiger partial charge in [0.15, 0.2) is 0 Å². The summed E-state index contributed by atoms with van der Waals surface area (Å²) in [4.78, 5) is 0. The van der Waals surface area contributed by atoms with Crippen LogP contribution in [0.5, 0.6) is 0 Å². The number of hydrogen-bond acceptors (Lipinski definition) is 1. The topological polar surface area (TPSA) is 3.24 Å². The Morgan fingerprint density at radius 3 is 2.14 bits per heavy atom. The highest BCUT2D eigenvalue weighted by Crippen LogP contribution is 2.03. The molecule has 0 aliphatic carbocycles. The largest absolute Gasteiger partial charge is 0.332 e. The summed E-state index contributed by atoms with van der Waals surface area (Å²) in [5, 5.41) is 0. The van der Waals surface area contributed by atoms with Crippen molar-refractivity contribution < 1.29 is 0 Å². The zero-order valence-corrected chi connectivity index (χ0v) is 8.40. The lowest BCUT2D eigenvalue weighted by atomic mass is 10.4. The third kappa shape index (κ3) is 1.40. The molecular weight excluding hydrogens is 118 g/mol. The lowest BCUT2D eigenvalue weighted by Gasteiger charge is -2.08. The molecule has 0 radical (unpaired) electrons. The third-order valence-electron chi connectivity index (χ3n) is 1.65. The lowest BCUT2D eigenvalue weighted by Crippen LogP contribution is -2.23. The fourth-order valence-corrected chi connectivity index (χ4v) is 4.08. The van der Waals surface area contributed by atoms with E-state index in [2.05, 4.69) is 4.57 Å². The molecule has 0 atom stereocenters. The molecule has 0 aromatic heterocycles. The van der Waals surface area contributed by atoms with Gasteiger partial charge in [-0.1, -0.05) is 0 Å². The molecule has 1 aliphatic heterocycles. The van der Waals surface area contributed by atoms with E-state index in [1.54, 1.807) is 0 Å². The molecule has 42 valence electrons. The normalized spacial score (nSPS) is 25.7. The van der Waals surface area contributed by atoms with Crippen LogP contribution in [0.15, 0.2) is 0 Å². The van der Waals surface area contributed by atoms with Crippen molar-refractivity contribution in [1.82, 2.24) is 4.57 Å². The van der Waals surface area contributed by atoms with Gasteiger partial charge in [-0.2, -0.15) is 0 Å². The molecule has 1 saturated heterocycles. The Morgan fingerprint density at radius 1 is 1.29 bits per heavy atom. The molecule has 0 amide bonds. The van der Waals surface area contributed by atoms with Crippen molar-refractivity contribution in [2.45, 2.75) is 12.8 Å². The molecule has 0 saturated carbocycles. The molecule has 0 spiro atoms. The monoisotopic (exact) mass is 131 g/mol. The summed E-state index contributed by atoms with van der Waals surface area (Å²) in [5.41, 5.74) is 0. The van der Waals surface area contributed by atoms with Crippen LogP contribution in [0.1, 0.15) is 12.8 Å². The molecule has 1 rings (SSSR count). The molecule has 1 heterocycles. The zero-order chi connectivity index (χ0) is 5.11. The van der Waals surface area contributed by atoms with Gasteiger partial charge in [-0.25, -0.2) is 0 Å². The standard InChI is InChI=1S/C4H13NSi2/c6-7-5-3-1-2-4-5/h1-4,7H2,6H3. The summed E-state index contributed by atoms with van der Waals surface area (Å²) in [6.45, 7) is 2.88. The molecule has 1 aliphatic rings. The average Bonchev–Trinajstić information content (AvgIpc) is 2.14. The second kappa shape index (κ2) is 2.64. The van der Waals surface area contributed by atoms with Crippen molar-refractivity contribution in [1.29, 1.82) is 0 Å². The van der Waals surface area contributed by atoms with Crippen LogP contribution in [0.3, 0.4) is 0 Å². The average molecular weight is 131 g/mol. The second-order valence-electron chi connectivity index (χ2n) is 2.14. The zero-order valence-electron chi connectivity index (χ0n) is 4.98. The SMILES string of the molecule is [SiH3][SiH2]N1CCCC1. The van der Waals surface area contributed by atoms with Gasteiger partial charge in [0.2, 0.25) is 0 Å². The van der Waals surface area contributed by atoms with Gasteiger partial charge in [0.1, 0.15) is 0 Å². The Balaban J connectivity index is 2.14. The lowest BCUT2D eigenvalue weighted by molar-refractivity contribution is 0.561. The van der Waals surface area contributed by atoms with Gasteiger partial charge in [0, 0.05) is 9.76 Å². The number of hydrogen-bond donors (Lipinski definition) is 0. The molecule has 1 nitrogen and oxygen atoms in total. The molecule has 0 aromatic rings. The van der Waals surface area contributed by atoms with Crippen LogP contribution in [0.2, 0.25) is 0 Å². The van der Waals surface area contributed by atoms with Gasteiger partial charge in [-0.3, -0.25) is 0 Å². The van der Waals surface area contributed by atoms with Crippen LogP contribution in [0, 0.1) is 0 Å². The van der Waals surface area contributed by atoms with Gasteiger partial charge < -0.3 is 4.57 Å². The van der Waals surface area contributed by atoms with Crippen LogP contribution >= 0.6 is 0 Å². The van der Waals surface area contributed by atoms with Gasteiger partial charge in [0.05, 0.1) is 9.20 Å². The Labute approximate surface area is 50.2 Å². The van der Waals surface area contributed by atoms with Crippen LogP contribution in [-0.4, -0.2) is 36.6 Å². The van der Waals surface area contributed by atoms with E-state index in [4.69, 9.17) is 0 Å². The highest BCUT2D eigenvalue weighted by molar-refractivity contribution is 6.87. The highest BCUT2D eigenvalue weighted by atomic mass is 29.1. The van der Waals surface area contributed by atoms with E-state index in [-0.39, 0.29) is 0 Å². The van der Waals surface area contributed by atoms with E-state index >= 15 is 0 Å². The van der Waals surface area contributed by atoms with Crippen molar-refractivity contribution >= 4 is 19.0 Å². The number of rotatable bonds is 1. The Bertz CT molecular complexity index is 51.7. The van der Waals surface area contributed by atoms with Crippen molar-refractivity contribution in [2.24, 2.45) is 0 Å². The first-order valence-electron chi connectivity index (χ1n) is 3.16. The van der Waals surface area contributed by atoms with E-state index < -0.39 is 0 Å². The van der Waals surface area contributed by atoms with E-state index in [1.165, 1.54) is 35.7 Å². The first kappa shape index (κ1) is 5.53. The smallest absolute Gasteiger partial charge is 0.0756 e. The van der Waals surface area contributed by atoms with Gasteiger partial charge in [-0.05, 0) is 25.9 Å². The minimum Gasteiger partial charge on any atom is -0.332 e. The molecule has 0 bridgehead atoms. The highest BCUT2D eigenvalue weighted by Gasteiger charge is 2.06. The van der Waals surface area contributed by atoms with Crippen molar-refractivity contribution in [2.75, 3.05) is 13.1 Å². The first-order chi connectivity index (χ1) is 3.43. The molecule has 0 aromatic carbocycles. The predicted octanol–water partition coefficient (Wildman–Crippen LogP) is -1.55. The maximum atomic E-state index is 2.69. The van der Waals surface area contributed by atoms with E-state index in [9.17, 15) is 0 Å². The molecule has 0 unspecified atom stereocenters. The second-order valence-corrected chi connectivity index (χ2v) is 5.57. The molecular formula is C4H13NSi2. The van der Waals surface area contributed by atoms with Crippen molar-refractivity contribution in [3.05, 3.63) is 0 Å². The third-order valence-corrected chi connectivity index (χ3v) is 5.86. The minimum absolute atomic E-state index is 0.363.